The van der Waals surface area contributed by atoms with Crippen LogP contribution in [0.5, 0.6) is 0 Å². The smallest absolute Gasteiger partial charge is 0.249 e. The Balaban J connectivity index is 1.47. The predicted octanol–water partition coefficient (Wildman–Crippen LogP) is 1.69. The first-order chi connectivity index (χ1) is 11.8. The lowest BCUT2D eigenvalue weighted by atomic mass is 10.1. The normalized spacial score (nSPS) is 24.2. The Bertz CT molecular complexity index is 692. The topological polar surface area (TPSA) is 45.7 Å². The Morgan fingerprint density at radius 2 is 1.88 bits per heavy atom. The number of nitrogens with zero attached hydrogens (tertiary/aromatic N) is 3. The molecule has 1 aromatic heterocycles. The quantitative estimate of drug-likeness (QED) is 0.859. The number of pyridine rings is 1. The lowest BCUT2D eigenvalue weighted by Gasteiger charge is -2.36. The number of ether oxygens (including phenoxy) is 1. The third-order valence-electron chi connectivity index (χ3n) is 4.76. The first-order valence-electron chi connectivity index (χ1n) is 8.37. The molecular formula is C19H21N3O2. The van der Waals surface area contributed by atoms with E-state index in [1.165, 1.54) is 0 Å². The number of hydrogen-bond donors (Lipinski definition) is 0. The molecule has 1 amide bonds. The summed E-state index contributed by atoms with van der Waals surface area (Å²) in [5, 5.41) is 0. The molecule has 5 heteroatoms. The highest BCUT2D eigenvalue weighted by Gasteiger charge is 2.43. The molecule has 1 aromatic carbocycles. The van der Waals surface area contributed by atoms with Gasteiger partial charge in [-0.3, -0.25) is 14.7 Å². The molecule has 0 bridgehead atoms. The van der Waals surface area contributed by atoms with Crippen molar-refractivity contribution in [2.75, 3.05) is 19.7 Å². The standard InChI is InChI=1S/C19H21N3O2/c23-19-14-24-18-13-21(11-16-8-4-5-9-20-16)12-17(18)22(19)10-15-6-2-1-3-7-15/h1-9,17-18H,10-14H2/t17-,18-/m1/s1. The summed E-state index contributed by atoms with van der Waals surface area (Å²) in [6.45, 7) is 3.32. The van der Waals surface area contributed by atoms with Crippen molar-refractivity contribution in [2.24, 2.45) is 0 Å². The summed E-state index contributed by atoms with van der Waals surface area (Å²) < 4.78 is 5.80. The number of carbonyl (C=O) groups excluding carboxylic acids is 1. The zero-order chi connectivity index (χ0) is 16.4. The molecule has 3 heterocycles. The number of morpholine rings is 1. The summed E-state index contributed by atoms with van der Waals surface area (Å²) in [5.41, 5.74) is 2.21. The van der Waals surface area contributed by atoms with E-state index in [1.807, 2.05) is 47.5 Å². The molecule has 0 N–H and O–H groups in total. The van der Waals surface area contributed by atoms with E-state index >= 15 is 0 Å². The van der Waals surface area contributed by atoms with Crippen molar-refractivity contribution in [1.29, 1.82) is 0 Å². The van der Waals surface area contributed by atoms with Crippen LogP contribution in [0, 0.1) is 0 Å². The molecule has 0 radical (unpaired) electrons. The Labute approximate surface area is 141 Å². The lowest BCUT2D eigenvalue weighted by molar-refractivity contribution is -0.153. The largest absolute Gasteiger partial charge is 0.365 e. The fourth-order valence-electron chi connectivity index (χ4n) is 3.58. The van der Waals surface area contributed by atoms with Crippen LogP contribution < -0.4 is 0 Å². The van der Waals surface area contributed by atoms with E-state index in [4.69, 9.17) is 4.74 Å². The number of aromatic nitrogens is 1. The van der Waals surface area contributed by atoms with E-state index in [9.17, 15) is 4.79 Å². The average molecular weight is 323 g/mol. The summed E-state index contributed by atoms with van der Waals surface area (Å²) in [4.78, 5) is 21.1. The predicted molar refractivity (Wildman–Crippen MR) is 90.0 cm³/mol. The Morgan fingerprint density at radius 3 is 2.67 bits per heavy atom. The van der Waals surface area contributed by atoms with Gasteiger partial charge in [-0.1, -0.05) is 36.4 Å². The highest BCUT2D eigenvalue weighted by Crippen LogP contribution is 2.26. The number of fused-ring (bicyclic) bond motifs is 1. The second kappa shape index (κ2) is 6.71. The number of rotatable bonds is 4. The molecule has 5 nitrogen and oxygen atoms in total. The zero-order valence-electron chi connectivity index (χ0n) is 13.5. The first kappa shape index (κ1) is 15.3. The zero-order valence-corrected chi connectivity index (χ0v) is 13.5. The van der Waals surface area contributed by atoms with Gasteiger partial charge in [0, 0.05) is 32.4 Å². The van der Waals surface area contributed by atoms with E-state index in [0.717, 1.165) is 30.9 Å². The molecule has 2 atom stereocenters. The third kappa shape index (κ3) is 3.18. The van der Waals surface area contributed by atoms with Crippen LogP contribution in [0.1, 0.15) is 11.3 Å². The van der Waals surface area contributed by atoms with Gasteiger partial charge in [0.05, 0.1) is 17.8 Å². The van der Waals surface area contributed by atoms with Crippen molar-refractivity contribution >= 4 is 5.91 Å². The Hall–Kier alpha value is -2.24. The molecule has 2 aliphatic rings. The molecule has 0 unspecified atom stereocenters. The van der Waals surface area contributed by atoms with Gasteiger partial charge in [0.15, 0.2) is 0 Å². The van der Waals surface area contributed by atoms with Gasteiger partial charge < -0.3 is 9.64 Å². The van der Waals surface area contributed by atoms with Crippen molar-refractivity contribution in [3.63, 3.8) is 0 Å². The minimum absolute atomic E-state index is 0.0831. The van der Waals surface area contributed by atoms with Crippen LogP contribution in [0.25, 0.3) is 0 Å². The summed E-state index contributed by atoms with van der Waals surface area (Å²) >= 11 is 0. The fourth-order valence-corrected chi connectivity index (χ4v) is 3.58. The van der Waals surface area contributed by atoms with Crippen molar-refractivity contribution in [2.45, 2.75) is 25.2 Å². The highest BCUT2D eigenvalue weighted by atomic mass is 16.5. The van der Waals surface area contributed by atoms with Gasteiger partial charge in [-0.2, -0.15) is 0 Å². The summed E-state index contributed by atoms with van der Waals surface area (Å²) in [6, 6.07) is 16.3. The maximum absolute atomic E-state index is 12.4. The average Bonchev–Trinajstić information content (AvgIpc) is 3.02. The molecule has 0 saturated carbocycles. The van der Waals surface area contributed by atoms with Gasteiger partial charge in [-0.25, -0.2) is 0 Å². The fraction of sp³-hybridized carbons (Fsp3) is 0.368. The number of likely N-dealkylation sites (tertiary alicyclic amines) is 1. The summed E-state index contributed by atoms with van der Waals surface area (Å²) in [7, 11) is 0. The van der Waals surface area contributed by atoms with Gasteiger partial charge in [0.2, 0.25) is 5.91 Å². The number of hydrogen-bond acceptors (Lipinski definition) is 4. The Kier molecular flexibility index (Phi) is 4.28. The van der Waals surface area contributed by atoms with E-state index < -0.39 is 0 Å². The maximum Gasteiger partial charge on any atom is 0.249 e. The summed E-state index contributed by atoms with van der Waals surface area (Å²) in [5.74, 6) is 0.0831. The molecular weight excluding hydrogens is 302 g/mol. The molecule has 0 spiro atoms. The Morgan fingerprint density at radius 1 is 1.04 bits per heavy atom. The van der Waals surface area contributed by atoms with Gasteiger partial charge in [-0.05, 0) is 17.7 Å². The highest BCUT2D eigenvalue weighted by molar-refractivity contribution is 5.78. The molecule has 4 rings (SSSR count). The molecule has 24 heavy (non-hydrogen) atoms. The summed E-state index contributed by atoms with van der Waals surface area (Å²) in [6.07, 6.45) is 1.91. The van der Waals surface area contributed by atoms with Crippen LogP contribution in [0.4, 0.5) is 0 Å². The third-order valence-corrected chi connectivity index (χ3v) is 4.76. The minimum atomic E-state index is 0.0831. The van der Waals surface area contributed by atoms with Crippen molar-refractivity contribution in [3.8, 4) is 0 Å². The van der Waals surface area contributed by atoms with Crippen molar-refractivity contribution in [1.82, 2.24) is 14.8 Å². The van der Waals surface area contributed by atoms with Crippen LogP contribution in [-0.2, 0) is 22.6 Å². The number of benzene rings is 1. The molecule has 2 aliphatic heterocycles. The maximum atomic E-state index is 12.4. The number of carbonyl (C=O) groups is 1. The van der Waals surface area contributed by atoms with Gasteiger partial charge in [0.25, 0.3) is 0 Å². The molecule has 124 valence electrons. The minimum Gasteiger partial charge on any atom is -0.365 e. The second-order valence-corrected chi connectivity index (χ2v) is 6.44. The van der Waals surface area contributed by atoms with E-state index in [0.29, 0.717) is 6.54 Å². The molecule has 2 aromatic rings. The van der Waals surface area contributed by atoms with Crippen molar-refractivity contribution < 1.29 is 9.53 Å². The van der Waals surface area contributed by atoms with Crippen LogP contribution in [0.2, 0.25) is 0 Å². The van der Waals surface area contributed by atoms with Crippen LogP contribution in [-0.4, -0.2) is 52.5 Å². The lowest BCUT2D eigenvalue weighted by Crippen LogP contribution is -2.53. The van der Waals surface area contributed by atoms with Crippen LogP contribution in [0.3, 0.4) is 0 Å². The van der Waals surface area contributed by atoms with Crippen LogP contribution in [0.15, 0.2) is 54.7 Å². The van der Waals surface area contributed by atoms with E-state index in [1.54, 1.807) is 0 Å². The monoisotopic (exact) mass is 323 g/mol. The molecule has 2 fully saturated rings. The van der Waals surface area contributed by atoms with Crippen molar-refractivity contribution in [3.05, 3.63) is 66.0 Å². The molecule has 0 aliphatic carbocycles. The number of amides is 1. The van der Waals surface area contributed by atoms with Crippen LogP contribution >= 0.6 is 0 Å². The molecule has 2 saturated heterocycles. The second-order valence-electron chi connectivity index (χ2n) is 6.44. The van der Waals surface area contributed by atoms with Gasteiger partial charge in [-0.15, -0.1) is 0 Å². The van der Waals surface area contributed by atoms with Gasteiger partial charge >= 0.3 is 0 Å². The first-order valence-corrected chi connectivity index (χ1v) is 8.37. The van der Waals surface area contributed by atoms with Gasteiger partial charge in [0.1, 0.15) is 6.61 Å². The van der Waals surface area contributed by atoms with E-state index in [2.05, 4.69) is 22.0 Å². The SMILES string of the molecule is O=C1CO[C@@H]2CN(Cc3ccccn3)C[C@H]2N1Cc1ccccc1. The van der Waals surface area contributed by atoms with E-state index in [-0.39, 0.29) is 24.7 Å².